The number of aromatic amines is 1. The van der Waals surface area contributed by atoms with Crippen LogP contribution in [0.3, 0.4) is 0 Å². The third-order valence-electron chi connectivity index (χ3n) is 4.90. The molecule has 2 aromatic carbocycles. The summed E-state index contributed by atoms with van der Waals surface area (Å²) in [6, 6.07) is 18.5. The molecule has 1 unspecified atom stereocenters. The maximum Gasteiger partial charge on any atom is 0.191 e. The first kappa shape index (κ1) is 20.0. The highest BCUT2D eigenvalue weighted by Gasteiger charge is 2.10. The summed E-state index contributed by atoms with van der Waals surface area (Å²) in [6.07, 6.45) is 4.14. The largest absolute Gasteiger partial charge is 0.396 e. The van der Waals surface area contributed by atoms with Crippen LogP contribution in [0, 0.1) is 0 Å². The van der Waals surface area contributed by atoms with Gasteiger partial charge >= 0.3 is 0 Å². The number of rotatable bonds is 9. The maximum atomic E-state index is 9.72. The predicted molar refractivity (Wildman–Crippen MR) is 117 cm³/mol. The number of hydrogen-bond donors (Lipinski definition) is 4. The van der Waals surface area contributed by atoms with Gasteiger partial charge in [-0.3, -0.25) is 4.99 Å². The van der Waals surface area contributed by atoms with Crippen molar-refractivity contribution in [3.63, 3.8) is 0 Å². The van der Waals surface area contributed by atoms with Gasteiger partial charge in [0.15, 0.2) is 5.96 Å². The molecule has 0 saturated carbocycles. The molecular formula is C23H30N4O. The Balaban J connectivity index is 1.51. The molecule has 4 N–H and O–H groups in total. The predicted octanol–water partition coefficient (Wildman–Crippen LogP) is 3.43. The molecule has 3 rings (SSSR count). The van der Waals surface area contributed by atoms with Gasteiger partial charge in [0, 0.05) is 36.1 Å². The molecule has 0 aliphatic carbocycles. The lowest BCUT2D eigenvalue weighted by Crippen LogP contribution is -2.38. The van der Waals surface area contributed by atoms with Gasteiger partial charge in [0.25, 0.3) is 0 Å². The molecule has 0 bridgehead atoms. The minimum Gasteiger partial charge on any atom is -0.396 e. The van der Waals surface area contributed by atoms with E-state index in [0.29, 0.717) is 6.54 Å². The number of aliphatic hydroxyl groups excluding tert-OH is 1. The Morgan fingerprint density at radius 2 is 1.86 bits per heavy atom. The molecule has 1 heterocycles. The van der Waals surface area contributed by atoms with Crippen molar-refractivity contribution in [2.75, 3.05) is 26.2 Å². The van der Waals surface area contributed by atoms with Gasteiger partial charge in [0.05, 0.1) is 13.2 Å². The van der Waals surface area contributed by atoms with Crippen LogP contribution in [-0.2, 0) is 6.42 Å². The van der Waals surface area contributed by atoms with Gasteiger partial charge in [-0.25, -0.2) is 0 Å². The van der Waals surface area contributed by atoms with E-state index in [1.54, 1.807) is 0 Å². The fourth-order valence-electron chi connectivity index (χ4n) is 3.36. The van der Waals surface area contributed by atoms with Crippen molar-refractivity contribution in [3.8, 4) is 0 Å². The first-order valence-electron chi connectivity index (χ1n) is 10.0. The Bertz CT molecular complexity index is 872. The fraction of sp³-hybridized carbons (Fsp3) is 0.348. The number of benzene rings is 2. The van der Waals surface area contributed by atoms with Crippen LogP contribution in [0.15, 0.2) is 65.8 Å². The summed E-state index contributed by atoms with van der Waals surface area (Å²) in [4.78, 5) is 8.01. The second-order valence-corrected chi connectivity index (χ2v) is 6.90. The van der Waals surface area contributed by atoms with Gasteiger partial charge in [0.2, 0.25) is 0 Å². The Morgan fingerprint density at radius 3 is 2.64 bits per heavy atom. The third kappa shape index (κ3) is 5.36. The monoisotopic (exact) mass is 378 g/mol. The van der Waals surface area contributed by atoms with Crippen molar-refractivity contribution in [1.29, 1.82) is 0 Å². The topological polar surface area (TPSA) is 72.4 Å². The van der Waals surface area contributed by atoms with Crippen LogP contribution < -0.4 is 10.6 Å². The van der Waals surface area contributed by atoms with Gasteiger partial charge < -0.3 is 20.7 Å². The standard InChI is InChI=1S/C23H30N4O/c1-2-24-23(27-16-20(17-28)18-9-4-3-5-10-18)25-14-8-11-19-15-26-22-13-7-6-12-21(19)22/h3-7,9-10,12-13,15,20,26,28H,2,8,11,14,16-17H2,1H3,(H2,24,25,27). The number of H-pyrrole nitrogens is 1. The normalized spacial score (nSPS) is 12.9. The molecule has 3 aromatic rings. The molecule has 148 valence electrons. The lowest BCUT2D eigenvalue weighted by atomic mass is 10.0. The van der Waals surface area contributed by atoms with E-state index in [1.807, 2.05) is 30.3 Å². The van der Waals surface area contributed by atoms with Gasteiger partial charge in [-0.2, -0.15) is 0 Å². The molecule has 1 aromatic heterocycles. The van der Waals surface area contributed by atoms with Crippen LogP contribution in [0.25, 0.3) is 10.9 Å². The molecule has 0 radical (unpaired) electrons. The summed E-state index contributed by atoms with van der Waals surface area (Å²) >= 11 is 0. The van der Waals surface area contributed by atoms with Crippen molar-refractivity contribution in [3.05, 3.63) is 71.9 Å². The molecule has 5 nitrogen and oxygen atoms in total. The highest BCUT2D eigenvalue weighted by atomic mass is 16.3. The SMILES string of the molecule is CCNC(=NCC(CO)c1ccccc1)NCCCc1c[nH]c2ccccc12. The number of aliphatic hydroxyl groups is 1. The van der Waals surface area contributed by atoms with Crippen LogP contribution in [0.5, 0.6) is 0 Å². The number of aryl methyl sites for hydroxylation is 1. The molecule has 1 atom stereocenters. The quantitative estimate of drug-likeness (QED) is 0.262. The number of aromatic nitrogens is 1. The summed E-state index contributed by atoms with van der Waals surface area (Å²) in [5.74, 6) is 0.818. The van der Waals surface area contributed by atoms with E-state index < -0.39 is 0 Å². The van der Waals surface area contributed by atoms with E-state index in [4.69, 9.17) is 0 Å². The summed E-state index contributed by atoms with van der Waals surface area (Å²) in [5.41, 5.74) is 3.66. The smallest absolute Gasteiger partial charge is 0.191 e. The van der Waals surface area contributed by atoms with Crippen LogP contribution in [-0.4, -0.2) is 42.3 Å². The van der Waals surface area contributed by atoms with E-state index in [0.717, 1.165) is 37.5 Å². The Kier molecular flexibility index (Phi) is 7.50. The zero-order valence-corrected chi connectivity index (χ0v) is 16.5. The molecule has 0 spiro atoms. The van der Waals surface area contributed by atoms with E-state index in [1.165, 1.54) is 16.5 Å². The number of guanidine groups is 1. The summed E-state index contributed by atoms with van der Waals surface area (Å²) in [7, 11) is 0. The Hall–Kier alpha value is -2.79. The lowest BCUT2D eigenvalue weighted by molar-refractivity contribution is 0.268. The second kappa shape index (κ2) is 10.5. The highest BCUT2D eigenvalue weighted by Crippen LogP contribution is 2.18. The number of nitrogens with zero attached hydrogens (tertiary/aromatic N) is 1. The highest BCUT2D eigenvalue weighted by molar-refractivity contribution is 5.83. The molecule has 0 aliphatic rings. The van der Waals surface area contributed by atoms with Crippen LogP contribution in [0.4, 0.5) is 0 Å². The first-order chi connectivity index (χ1) is 13.8. The van der Waals surface area contributed by atoms with Crippen LogP contribution >= 0.6 is 0 Å². The summed E-state index contributed by atoms with van der Waals surface area (Å²) in [6.45, 7) is 4.36. The Labute approximate surface area is 166 Å². The molecule has 28 heavy (non-hydrogen) atoms. The minimum atomic E-state index is 0.0166. The van der Waals surface area contributed by atoms with Gasteiger partial charge in [-0.1, -0.05) is 48.5 Å². The van der Waals surface area contributed by atoms with E-state index in [9.17, 15) is 5.11 Å². The van der Waals surface area contributed by atoms with Crippen molar-refractivity contribution >= 4 is 16.9 Å². The Morgan fingerprint density at radius 1 is 1.07 bits per heavy atom. The molecular weight excluding hydrogens is 348 g/mol. The number of nitrogens with one attached hydrogen (secondary N) is 3. The van der Waals surface area contributed by atoms with Gasteiger partial charge in [-0.05, 0) is 37.0 Å². The van der Waals surface area contributed by atoms with Crippen molar-refractivity contribution < 1.29 is 5.11 Å². The molecule has 5 heteroatoms. The fourth-order valence-corrected chi connectivity index (χ4v) is 3.36. The van der Waals surface area contributed by atoms with Crippen molar-refractivity contribution in [2.45, 2.75) is 25.7 Å². The van der Waals surface area contributed by atoms with Crippen molar-refractivity contribution in [1.82, 2.24) is 15.6 Å². The van der Waals surface area contributed by atoms with E-state index in [2.05, 4.69) is 58.0 Å². The molecule has 0 fully saturated rings. The van der Waals surface area contributed by atoms with Crippen LogP contribution in [0.1, 0.15) is 30.4 Å². The van der Waals surface area contributed by atoms with Crippen LogP contribution in [0.2, 0.25) is 0 Å². The minimum absolute atomic E-state index is 0.0166. The second-order valence-electron chi connectivity index (χ2n) is 6.90. The van der Waals surface area contributed by atoms with Crippen molar-refractivity contribution in [2.24, 2.45) is 4.99 Å². The average molecular weight is 379 g/mol. The number of para-hydroxylation sites is 1. The zero-order chi connectivity index (χ0) is 19.6. The van der Waals surface area contributed by atoms with E-state index in [-0.39, 0.29) is 12.5 Å². The molecule has 0 saturated heterocycles. The first-order valence-corrected chi connectivity index (χ1v) is 10.0. The number of fused-ring (bicyclic) bond motifs is 1. The lowest BCUT2D eigenvalue weighted by Gasteiger charge is -2.15. The maximum absolute atomic E-state index is 9.72. The average Bonchev–Trinajstić information content (AvgIpc) is 3.15. The summed E-state index contributed by atoms with van der Waals surface area (Å²) in [5, 5.41) is 17.7. The number of hydrogen-bond acceptors (Lipinski definition) is 2. The zero-order valence-electron chi connectivity index (χ0n) is 16.5. The number of aliphatic imine (C=N–C) groups is 1. The molecule has 0 aliphatic heterocycles. The van der Waals surface area contributed by atoms with Gasteiger partial charge in [0.1, 0.15) is 0 Å². The molecule has 0 amide bonds. The van der Waals surface area contributed by atoms with E-state index >= 15 is 0 Å². The third-order valence-corrected chi connectivity index (χ3v) is 4.90. The summed E-state index contributed by atoms with van der Waals surface area (Å²) < 4.78 is 0. The van der Waals surface area contributed by atoms with Gasteiger partial charge in [-0.15, -0.1) is 0 Å².